The summed E-state index contributed by atoms with van der Waals surface area (Å²) in [5.74, 6) is -10.5. The van der Waals surface area contributed by atoms with E-state index in [9.17, 15) is 46.7 Å². The third-order valence-corrected chi connectivity index (χ3v) is 24.0. The molecule has 100 heavy (non-hydrogen) atoms. The second-order valence-electron chi connectivity index (χ2n) is 31.1. The zero-order valence-corrected chi connectivity index (χ0v) is 62.4. The van der Waals surface area contributed by atoms with E-state index in [1.165, 1.54) is 107 Å². The number of likely N-dealkylation sites (N-methyl/N-ethyl adjacent to an activating group) is 7. The summed E-state index contributed by atoms with van der Waals surface area (Å²) in [4.78, 5) is 192. The van der Waals surface area contributed by atoms with E-state index in [1.54, 1.807) is 6.92 Å². The van der Waals surface area contributed by atoms with Crippen LogP contribution in [-0.2, 0) is 57.5 Å². The minimum atomic E-state index is -4.51. The average Bonchev–Trinajstić information content (AvgIpc) is 1.53. The lowest BCUT2D eigenvalue weighted by molar-refractivity contribution is -0.182. The van der Waals surface area contributed by atoms with Gasteiger partial charge in [-0.2, -0.15) is 13.2 Å². The fraction of sp³-hybridized carbons (Fsp3) is 0.833. The van der Waals surface area contributed by atoms with Gasteiger partial charge in [-0.15, -0.1) is 11.6 Å². The smallest absolute Gasteiger partial charge is 0.347 e. The lowest BCUT2D eigenvalue weighted by atomic mass is 9.78. The normalized spacial score (nSPS) is 31.1. The quantitative estimate of drug-likeness (QED) is 0.198. The molecule has 564 valence electrons. The average molecular weight is 1430 g/mol. The molecule has 4 aliphatic carbocycles. The van der Waals surface area contributed by atoms with Crippen molar-refractivity contribution in [2.24, 2.45) is 35.5 Å². The maximum absolute atomic E-state index is 15.7. The maximum Gasteiger partial charge on any atom is 0.393 e. The van der Waals surface area contributed by atoms with Crippen molar-refractivity contribution in [2.75, 3.05) is 76.0 Å². The second-order valence-corrected chi connectivity index (χ2v) is 31.6. The van der Waals surface area contributed by atoms with Crippen molar-refractivity contribution >= 4 is 82.5 Å². The predicted molar refractivity (Wildman–Crippen MR) is 370 cm³/mol. The summed E-state index contributed by atoms with van der Waals surface area (Å²) in [6.45, 7) is 8.53. The number of carbonyl (C=O) groups excluding carboxylic acids is 12. The van der Waals surface area contributed by atoms with Gasteiger partial charge in [0.1, 0.15) is 59.9 Å². The first kappa shape index (κ1) is 81.0. The number of halogens is 4. The van der Waals surface area contributed by atoms with Crippen LogP contribution in [0.15, 0.2) is 0 Å². The molecule has 12 amide bonds. The summed E-state index contributed by atoms with van der Waals surface area (Å²) in [6, 6.07) is -10.8. The molecule has 7 aliphatic rings. The number of fused-ring (bicyclic) bond motifs is 2. The Kier molecular flexibility index (Phi) is 28.6. The SMILES string of the molecule is CC[C@H](C)[C@@H]1NC(=O)[C@H](CC(C)C)N(C)C(=O)C[C@@H](C(=O)N(C)C)N(C)C(=O)[C@H](C2CCCCC2)N(C)C(=O)C2(CCCC2)NC(=O)[C@@H]2CCCN2C(=O)[C@H](CCC2CCC(C(F)(F)F)C(Cl)C2)NC(=O)CN(C)C(=O)[C@H](CC2CCCCC2)N(C)C(=O)[C@@H]2CCN2C(=O)[C@H](C)N(C)C1=O. The molecule has 7 fully saturated rings. The van der Waals surface area contributed by atoms with E-state index in [2.05, 4.69) is 16.0 Å². The van der Waals surface area contributed by atoms with Gasteiger partial charge in [-0.05, 0) is 126 Å². The van der Waals surface area contributed by atoms with Gasteiger partial charge in [0.05, 0.1) is 18.9 Å². The Morgan fingerprint density at radius 3 is 1.81 bits per heavy atom. The third kappa shape index (κ3) is 19.1. The molecule has 0 radical (unpaired) electrons. The topological polar surface area (TPSA) is 270 Å². The molecule has 0 aromatic carbocycles. The first-order chi connectivity index (χ1) is 47.0. The van der Waals surface area contributed by atoms with Crippen LogP contribution in [0.2, 0.25) is 0 Å². The molecule has 0 bridgehead atoms. The molecule has 0 aromatic heterocycles. The standard InChI is InChI=1S/C72H116ClF3N12O12/c1-14-44(4)59-68(98)82(9)45(5)63(93)88-37-33-53(88)67(97)84(11)55(40-46-24-17-15-18-25-46)66(96)81(8)42-57(89)77-51(32-30-47-29-31-49(50(73)39-47)72(74,75)76)64(94)87-36-23-28-52(87)62(92)79-71(34-21-22-35-71)70(100)86(13)60(48-26-19-16-20-27-48)69(99)85(12)56(65(95)80(6)7)41-58(90)83(10)54(38-43(2)3)61(91)78-59/h43-56,59-60H,14-42H2,1-13H3,(H,77,89)(H,78,91)(H,79,92)/t44-,45-,47?,49?,50?,51-,52-,53-,54-,55-,56-,59-,60-/m0/s1. The Bertz CT molecular complexity index is 2940. The molecule has 0 aromatic rings. The maximum atomic E-state index is 15.7. The highest BCUT2D eigenvalue weighted by atomic mass is 35.5. The number of carbonyl (C=O) groups is 12. The van der Waals surface area contributed by atoms with Crippen molar-refractivity contribution in [3.05, 3.63) is 0 Å². The molecule has 7 rings (SSSR count). The Morgan fingerprint density at radius 2 is 1.24 bits per heavy atom. The van der Waals surface area contributed by atoms with E-state index in [0.717, 1.165) is 51.4 Å². The van der Waals surface area contributed by atoms with Gasteiger partial charge in [-0.25, -0.2) is 0 Å². The summed E-state index contributed by atoms with van der Waals surface area (Å²) < 4.78 is 42.1. The molecule has 24 nitrogen and oxygen atoms in total. The molecular formula is C72H116ClF3N12O12. The van der Waals surface area contributed by atoms with Gasteiger partial charge in [0, 0.05) is 74.8 Å². The van der Waals surface area contributed by atoms with E-state index in [0.29, 0.717) is 38.5 Å². The zero-order chi connectivity index (χ0) is 74.0. The molecule has 4 saturated carbocycles. The number of hydrogen-bond acceptors (Lipinski definition) is 12. The van der Waals surface area contributed by atoms with Gasteiger partial charge in [-0.3, -0.25) is 57.5 Å². The van der Waals surface area contributed by atoms with Crippen LogP contribution in [0, 0.1) is 35.5 Å². The van der Waals surface area contributed by atoms with Gasteiger partial charge in [0.25, 0.3) is 0 Å². The highest BCUT2D eigenvalue weighted by Gasteiger charge is 2.53. The number of nitrogens with zero attached hydrogens (tertiary/aromatic N) is 9. The van der Waals surface area contributed by atoms with Crippen LogP contribution in [0.3, 0.4) is 0 Å². The van der Waals surface area contributed by atoms with Crippen molar-refractivity contribution in [1.29, 1.82) is 0 Å². The van der Waals surface area contributed by atoms with Crippen LogP contribution in [0.25, 0.3) is 0 Å². The molecular weight excluding hydrogens is 1320 g/mol. The van der Waals surface area contributed by atoms with E-state index in [1.807, 2.05) is 20.8 Å². The highest BCUT2D eigenvalue weighted by molar-refractivity contribution is 6.21. The van der Waals surface area contributed by atoms with Crippen LogP contribution in [-0.4, -0.2) is 262 Å². The summed E-state index contributed by atoms with van der Waals surface area (Å²) in [5.41, 5.74) is -1.55. The van der Waals surface area contributed by atoms with Gasteiger partial charge < -0.3 is 60.0 Å². The van der Waals surface area contributed by atoms with Gasteiger partial charge in [0.2, 0.25) is 70.9 Å². The summed E-state index contributed by atoms with van der Waals surface area (Å²) in [5, 5.41) is 7.65. The fourth-order valence-electron chi connectivity index (χ4n) is 16.7. The van der Waals surface area contributed by atoms with E-state index < -0.39 is 173 Å². The van der Waals surface area contributed by atoms with Crippen molar-refractivity contribution < 1.29 is 70.7 Å². The Hall–Kier alpha value is -6.28. The third-order valence-electron chi connectivity index (χ3n) is 23.5. The van der Waals surface area contributed by atoms with E-state index in [4.69, 9.17) is 11.6 Å². The minimum absolute atomic E-state index is 0.00245. The van der Waals surface area contributed by atoms with E-state index in [-0.39, 0.29) is 101 Å². The Balaban J connectivity index is 1.28. The first-order valence-corrected chi connectivity index (χ1v) is 37.5. The molecule has 3 N–H and O–H groups in total. The highest BCUT2D eigenvalue weighted by Crippen LogP contribution is 2.44. The van der Waals surface area contributed by atoms with Gasteiger partial charge in [-0.1, -0.05) is 98.3 Å². The van der Waals surface area contributed by atoms with Crippen LogP contribution in [0.5, 0.6) is 0 Å². The van der Waals surface area contributed by atoms with Crippen LogP contribution in [0.1, 0.15) is 202 Å². The van der Waals surface area contributed by atoms with Crippen LogP contribution in [0.4, 0.5) is 13.2 Å². The lowest BCUT2D eigenvalue weighted by Gasteiger charge is -2.45. The molecule has 28 heteroatoms. The molecule has 3 heterocycles. The largest absolute Gasteiger partial charge is 0.393 e. The molecule has 1 spiro atoms. The molecule has 3 aliphatic heterocycles. The number of amides is 12. The minimum Gasteiger partial charge on any atom is -0.347 e. The zero-order valence-electron chi connectivity index (χ0n) is 61.7. The van der Waals surface area contributed by atoms with Crippen molar-refractivity contribution in [2.45, 2.75) is 273 Å². The molecule has 13 atom stereocenters. The number of nitrogens with one attached hydrogen (secondary N) is 3. The number of rotatable bonds is 11. The van der Waals surface area contributed by atoms with Crippen LogP contribution < -0.4 is 16.0 Å². The monoisotopic (exact) mass is 1430 g/mol. The number of alkyl halides is 4. The second kappa shape index (κ2) is 35.3. The van der Waals surface area contributed by atoms with Gasteiger partial charge >= 0.3 is 6.18 Å². The molecule has 3 saturated heterocycles. The van der Waals surface area contributed by atoms with Crippen molar-refractivity contribution in [3.63, 3.8) is 0 Å². The summed E-state index contributed by atoms with van der Waals surface area (Å²) >= 11 is 6.41. The lowest BCUT2D eigenvalue weighted by Crippen LogP contribution is -2.65. The first-order valence-electron chi connectivity index (χ1n) is 37.1. The van der Waals surface area contributed by atoms with Crippen molar-refractivity contribution in [3.8, 4) is 0 Å². The summed E-state index contributed by atoms with van der Waals surface area (Å²) in [7, 11) is 11.7. The Morgan fingerprint density at radius 1 is 0.620 bits per heavy atom. The Labute approximate surface area is 595 Å². The van der Waals surface area contributed by atoms with Gasteiger partial charge in [0.15, 0.2) is 0 Å². The van der Waals surface area contributed by atoms with Crippen molar-refractivity contribution in [1.82, 2.24) is 60.0 Å². The number of hydrogen-bond donors (Lipinski definition) is 3. The molecule has 3 unspecified atom stereocenters. The van der Waals surface area contributed by atoms with Crippen LogP contribution >= 0.6 is 11.6 Å². The van der Waals surface area contributed by atoms with E-state index >= 15 is 24.0 Å². The fourth-order valence-corrected chi connectivity index (χ4v) is 17.2. The predicted octanol–water partition coefficient (Wildman–Crippen LogP) is 6.09. The summed E-state index contributed by atoms with van der Waals surface area (Å²) in [6.07, 6.45) is 5.85.